The molecule has 1 N–H and O–H groups in total. The lowest BCUT2D eigenvalue weighted by molar-refractivity contribution is -0.117. The molecule has 5 nitrogen and oxygen atoms in total. The molecule has 0 spiro atoms. The van der Waals surface area contributed by atoms with Crippen LogP contribution in [-0.4, -0.2) is 32.7 Å². The van der Waals surface area contributed by atoms with Gasteiger partial charge in [0.2, 0.25) is 15.9 Å². The van der Waals surface area contributed by atoms with Gasteiger partial charge < -0.3 is 5.32 Å². The smallest absolute Gasteiger partial charge is 0.244 e. The lowest BCUT2D eigenvalue weighted by Crippen LogP contribution is -2.34. The van der Waals surface area contributed by atoms with Crippen LogP contribution in [0, 0.1) is 5.92 Å². The van der Waals surface area contributed by atoms with E-state index in [1.807, 2.05) is 19.1 Å². The van der Waals surface area contributed by atoms with Crippen LogP contribution in [0.5, 0.6) is 0 Å². The fourth-order valence-electron chi connectivity index (χ4n) is 2.29. The summed E-state index contributed by atoms with van der Waals surface area (Å²) in [6.07, 6.45) is 3.89. The molecule has 0 aliphatic carbocycles. The second-order valence-electron chi connectivity index (χ2n) is 6.21. The Kier molecular flexibility index (Phi) is 5.46. The van der Waals surface area contributed by atoms with Gasteiger partial charge in [-0.25, -0.2) is 8.42 Å². The van der Waals surface area contributed by atoms with Crippen LogP contribution in [0.25, 0.3) is 6.08 Å². The highest BCUT2D eigenvalue weighted by Crippen LogP contribution is 2.24. The molecule has 0 radical (unpaired) electrons. The summed E-state index contributed by atoms with van der Waals surface area (Å²) in [6.45, 7) is 6.62. The lowest BCUT2D eigenvalue weighted by Gasteiger charge is -2.17. The Morgan fingerprint density at radius 2 is 1.87 bits per heavy atom. The average Bonchev–Trinajstić information content (AvgIpc) is 2.85. The van der Waals surface area contributed by atoms with Crippen molar-refractivity contribution < 1.29 is 13.2 Å². The first kappa shape index (κ1) is 17.5. The zero-order chi connectivity index (χ0) is 17.0. The Morgan fingerprint density at radius 1 is 1.22 bits per heavy atom. The number of carbonyl (C=O) groups is 1. The monoisotopic (exact) mass is 336 g/mol. The second-order valence-corrected chi connectivity index (χ2v) is 8.22. The molecule has 1 aromatic rings. The Hall–Kier alpha value is -1.82. The molecule has 2 rings (SSSR count). The van der Waals surface area contributed by atoms with Gasteiger partial charge in [-0.05, 0) is 43.0 Å². The lowest BCUT2D eigenvalue weighted by atomic mass is 10.1. The highest BCUT2D eigenvalue weighted by molar-refractivity contribution is 7.93. The van der Waals surface area contributed by atoms with E-state index in [0.717, 1.165) is 5.56 Å². The van der Waals surface area contributed by atoms with Gasteiger partial charge in [-0.3, -0.25) is 9.10 Å². The fourth-order valence-corrected chi connectivity index (χ4v) is 3.86. The third kappa shape index (κ3) is 4.58. The van der Waals surface area contributed by atoms with Crippen molar-refractivity contribution in [2.75, 3.05) is 16.6 Å². The minimum Gasteiger partial charge on any atom is -0.350 e. The number of sulfonamides is 1. The number of hydrogen-bond acceptors (Lipinski definition) is 3. The minimum absolute atomic E-state index is 0.120. The number of carbonyl (C=O) groups excluding carboxylic acids is 1. The first-order valence-electron chi connectivity index (χ1n) is 7.88. The maximum Gasteiger partial charge on any atom is 0.244 e. The first-order valence-corrected chi connectivity index (χ1v) is 9.49. The van der Waals surface area contributed by atoms with Crippen molar-refractivity contribution in [1.29, 1.82) is 0 Å². The van der Waals surface area contributed by atoms with Crippen molar-refractivity contribution in [2.45, 2.75) is 33.2 Å². The number of rotatable bonds is 5. The average molecular weight is 336 g/mol. The van der Waals surface area contributed by atoms with E-state index in [0.29, 0.717) is 24.6 Å². The van der Waals surface area contributed by atoms with Gasteiger partial charge in [0.1, 0.15) is 0 Å². The molecule has 1 fully saturated rings. The third-order valence-corrected chi connectivity index (χ3v) is 5.95. The van der Waals surface area contributed by atoms with Crippen molar-refractivity contribution in [3.8, 4) is 0 Å². The summed E-state index contributed by atoms with van der Waals surface area (Å²) in [5.41, 5.74) is 1.54. The highest BCUT2D eigenvalue weighted by atomic mass is 32.2. The van der Waals surface area contributed by atoms with E-state index in [9.17, 15) is 13.2 Å². The molecule has 6 heteroatoms. The number of hydrogen-bond donors (Lipinski definition) is 1. The topological polar surface area (TPSA) is 66.5 Å². The van der Waals surface area contributed by atoms with Crippen LogP contribution in [0.4, 0.5) is 5.69 Å². The van der Waals surface area contributed by atoms with Crippen LogP contribution < -0.4 is 9.62 Å². The Balaban J connectivity index is 2.00. The number of nitrogens with one attached hydrogen (secondary N) is 1. The molecule has 126 valence electrons. The molecule has 1 aromatic carbocycles. The quantitative estimate of drug-likeness (QED) is 0.840. The Morgan fingerprint density at radius 3 is 2.39 bits per heavy atom. The minimum atomic E-state index is -3.15. The standard InChI is InChI=1S/C17H24N2O3S/c1-13(2)14(3)18-17(20)10-7-15-5-8-16(9-6-15)19-11-4-12-23(19,21)22/h5-10,13-14H,4,11-12H2,1-3H3,(H,18,20)/b10-7+. The number of benzene rings is 1. The molecule has 23 heavy (non-hydrogen) atoms. The van der Waals surface area contributed by atoms with E-state index in [2.05, 4.69) is 19.2 Å². The first-order chi connectivity index (χ1) is 10.8. The predicted molar refractivity (Wildman–Crippen MR) is 93.7 cm³/mol. The Bertz CT molecular complexity index is 678. The molecular formula is C17H24N2O3S. The van der Waals surface area contributed by atoms with Crippen molar-refractivity contribution >= 4 is 27.7 Å². The normalized spacial score (nSPS) is 18.5. The summed E-state index contributed by atoms with van der Waals surface area (Å²) in [4.78, 5) is 11.8. The molecule has 1 amide bonds. The van der Waals surface area contributed by atoms with Gasteiger partial charge in [0.05, 0.1) is 11.4 Å². The summed E-state index contributed by atoms with van der Waals surface area (Å²) in [5.74, 6) is 0.467. The number of nitrogens with zero attached hydrogens (tertiary/aromatic N) is 1. The molecule has 1 unspecified atom stereocenters. The molecule has 1 heterocycles. The molecule has 1 saturated heterocycles. The van der Waals surface area contributed by atoms with E-state index < -0.39 is 10.0 Å². The van der Waals surface area contributed by atoms with Crippen LogP contribution >= 0.6 is 0 Å². The summed E-state index contributed by atoms with van der Waals surface area (Å²) in [7, 11) is -3.15. The summed E-state index contributed by atoms with van der Waals surface area (Å²) in [6, 6.07) is 7.31. The van der Waals surface area contributed by atoms with Gasteiger partial charge in [0.15, 0.2) is 0 Å². The van der Waals surface area contributed by atoms with Crippen molar-refractivity contribution in [1.82, 2.24) is 5.32 Å². The third-order valence-electron chi connectivity index (χ3n) is 4.08. The van der Waals surface area contributed by atoms with Crippen LogP contribution in [0.2, 0.25) is 0 Å². The van der Waals surface area contributed by atoms with E-state index in [4.69, 9.17) is 0 Å². The van der Waals surface area contributed by atoms with Gasteiger partial charge in [-0.1, -0.05) is 26.0 Å². The Labute approximate surface area is 138 Å². The van der Waals surface area contributed by atoms with Crippen LogP contribution in [0.1, 0.15) is 32.8 Å². The van der Waals surface area contributed by atoms with Gasteiger partial charge >= 0.3 is 0 Å². The summed E-state index contributed by atoms with van der Waals surface area (Å²) < 4.78 is 25.2. The molecule has 1 aliphatic heterocycles. The van der Waals surface area contributed by atoms with Crippen LogP contribution in [-0.2, 0) is 14.8 Å². The van der Waals surface area contributed by atoms with Crippen LogP contribution in [0.3, 0.4) is 0 Å². The number of anilines is 1. The van der Waals surface area contributed by atoms with Gasteiger partial charge in [0.25, 0.3) is 0 Å². The van der Waals surface area contributed by atoms with Crippen molar-refractivity contribution in [3.63, 3.8) is 0 Å². The SMILES string of the molecule is CC(C)C(C)NC(=O)/C=C/c1ccc(N2CCCS2(=O)=O)cc1. The van der Waals surface area contributed by atoms with E-state index in [1.165, 1.54) is 10.4 Å². The zero-order valence-electron chi connectivity index (χ0n) is 13.8. The molecular weight excluding hydrogens is 312 g/mol. The molecule has 0 aromatic heterocycles. The number of amides is 1. The van der Waals surface area contributed by atoms with E-state index in [1.54, 1.807) is 18.2 Å². The van der Waals surface area contributed by atoms with E-state index >= 15 is 0 Å². The highest BCUT2D eigenvalue weighted by Gasteiger charge is 2.28. The van der Waals surface area contributed by atoms with Gasteiger partial charge in [-0.15, -0.1) is 0 Å². The van der Waals surface area contributed by atoms with Crippen molar-refractivity contribution in [3.05, 3.63) is 35.9 Å². The molecule has 0 bridgehead atoms. The van der Waals surface area contributed by atoms with E-state index in [-0.39, 0.29) is 17.7 Å². The molecule has 1 atom stereocenters. The van der Waals surface area contributed by atoms with Gasteiger partial charge in [-0.2, -0.15) is 0 Å². The fraction of sp³-hybridized carbons (Fsp3) is 0.471. The summed E-state index contributed by atoms with van der Waals surface area (Å²) in [5, 5.41) is 2.90. The molecule has 1 aliphatic rings. The zero-order valence-corrected chi connectivity index (χ0v) is 14.6. The maximum absolute atomic E-state index is 11.9. The maximum atomic E-state index is 11.9. The summed E-state index contributed by atoms with van der Waals surface area (Å²) >= 11 is 0. The predicted octanol–water partition coefficient (Wildman–Crippen LogP) is 2.40. The van der Waals surface area contributed by atoms with Gasteiger partial charge in [0, 0.05) is 18.7 Å². The largest absolute Gasteiger partial charge is 0.350 e. The second kappa shape index (κ2) is 7.17. The van der Waals surface area contributed by atoms with Crippen molar-refractivity contribution in [2.24, 2.45) is 5.92 Å². The van der Waals surface area contributed by atoms with Crippen LogP contribution in [0.15, 0.2) is 30.3 Å². The molecule has 0 saturated carbocycles.